The summed E-state index contributed by atoms with van der Waals surface area (Å²) in [4.78, 5) is 10.1. The van der Waals surface area contributed by atoms with E-state index in [0.29, 0.717) is 0 Å². The van der Waals surface area contributed by atoms with Crippen LogP contribution in [-0.2, 0) is 13.1 Å². The number of rotatable bonds is 8. The molecule has 0 saturated carbocycles. The summed E-state index contributed by atoms with van der Waals surface area (Å²) in [6, 6.07) is 8.29. The molecule has 5 heteroatoms. The molecule has 0 atom stereocenters. The molecule has 4 nitrogen and oxygen atoms in total. The fraction of sp³-hybridized carbons (Fsp3) is 0.438. The SMILES string of the molecule is COc1cccc(CN(CCN(C)C)Cc2cncs2)c1. The van der Waals surface area contributed by atoms with Crippen LogP contribution in [0.2, 0.25) is 0 Å². The summed E-state index contributed by atoms with van der Waals surface area (Å²) >= 11 is 1.71. The number of benzene rings is 1. The number of hydrogen-bond acceptors (Lipinski definition) is 5. The van der Waals surface area contributed by atoms with Crippen molar-refractivity contribution in [3.8, 4) is 5.75 Å². The zero-order chi connectivity index (χ0) is 15.1. The maximum absolute atomic E-state index is 5.31. The van der Waals surface area contributed by atoms with Gasteiger partial charge in [-0.25, -0.2) is 0 Å². The van der Waals surface area contributed by atoms with Crippen LogP contribution in [0.1, 0.15) is 10.4 Å². The van der Waals surface area contributed by atoms with E-state index in [1.165, 1.54) is 10.4 Å². The Labute approximate surface area is 131 Å². The Kier molecular flexibility index (Phi) is 6.17. The van der Waals surface area contributed by atoms with Crippen molar-refractivity contribution in [1.29, 1.82) is 0 Å². The molecule has 0 aliphatic carbocycles. The monoisotopic (exact) mass is 305 g/mol. The van der Waals surface area contributed by atoms with E-state index in [9.17, 15) is 0 Å². The van der Waals surface area contributed by atoms with Crippen molar-refractivity contribution in [2.75, 3.05) is 34.3 Å². The highest BCUT2D eigenvalue weighted by Crippen LogP contribution is 2.16. The van der Waals surface area contributed by atoms with Gasteiger partial charge < -0.3 is 9.64 Å². The molecule has 0 N–H and O–H groups in total. The van der Waals surface area contributed by atoms with Gasteiger partial charge in [-0.3, -0.25) is 9.88 Å². The first kappa shape index (κ1) is 15.9. The van der Waals surface area contributed by atoms with Crippen LogP contribution in [0, 0.1) is 0 Å². The fourth-order valence-electron chi connectivity index (χ4n) is 2.13. The van der Waals surface area contributed by atoms with Gasteiger partial charge in [0.1, 0.15) is 5.75 Å². The largest absolute Gasteiger partial charge is 0.497 e. The fourth-order valence-corrected chi connectivity index (χ4v) is 2.76. The molecule has 1 aromatic heterocycles. The Morgan fingerprint density at radius 2 is 2.05 bits per heavy atom. The summed E-state index contributed by atoms with van der Waals surface area (Å²) < 4.78 is 5.31. The van der Waals surface area contributed by atoms with E-state index in [-0.39, 0.29) is 0 Å². The third kappa shape index (κ3) is 5.46. The number of thiazole rings is 1. The highest BCUT2D eigenvalue weighted by atomic mass is 32.1. The number of ether oxygens (including phenoxy) is 1. The summed E-state index contributed by atoms with van der Waals surface area (Å²) in [5.74, 6) is 0.915. The summed E-state index contributed by atoms with van der Waals surface area (Å²) in [5, 5.41) is 0. The first-order valence-corrected chi connectivity index (χ1v) is 7.92. The normalized spacial score (nSPS) is 11.3. The Hall–Kier alpha value is -1.43. The number of methoxy groups -OCH3 is 1. The maximum atomic E-state index is 5.31. The van der Waals surface area contributed by atoms with Crippen LogP contribution in [0.4, 0.5) is 0 Å². The van der Waals surface area contributed by atoms with E-state index >= 15 is 0 Å². The highest BCUT2D eigenvalue weighted by molar-refractivity contribution is 7.09. The van der Waals surface area contributed by atoms with Crippen LogP contribution in [0.25, 0.3) is 0 Å². The molecule has 0 fully saturated rings. The molecular weight excluding hydrogens is 282 g/mol. The number of hydrogen-bond donors (Lipinski definition) is 0. The van der Waals surface area contributed by atoms with Crippen LogP contribution >= 0.6 is 11.3 Å². The van der Waals surface area contributed by atoms with Gasteiger partial charge >= 0.3 is 0 Å². The van der Waals surface area contributed by atoms with Gasteiger partial charge in [-0.2, -0.15) is 0 Å². The molecule has 0 radical (unpaired) electrons. The second-order valence-corrected chi connectivity index (χ2v) is 6.30. The van der Waals surface area contributed by atoms with Crippen molar-refractivity contribution in [2.24, 2.45) is 0 Å². The number of likely N-dealkylation sites (N-methyl/N-ethyl adjacent to an activating group) is 1. The second-order valence-electron chi connectivity index (χ2n) is 5.33. The zero-order valence-corrected chi connectivity index (χ0v) is 13.8. The first-order valence-electron chi connectivity index (χ1n) is 7.05. The lowest BCUT2D eigenvalue weighted by molar-refractivity contribution is 0.227. The van der Waals surface area contributed by atoms with Crippen LogP contribution in [-0.4, -0.2) is 49.1 Å². The van der Waals surface area contributed by atoms with E-state index < -0.39 is 0 Å². The molecule has 21 heavy (non-hydrogen) atoms. The molecule has 114 valence electrons. The van der Waals surface area contributed by atoms with E-state index in [1.807, 2.05) is 23.8 Å². The van der Waals surface area contributed by atoms with Crippen LogP contribution in [0.15, 0.2) is 36.0 Å². The van der Waals surface area contributed by atoms with Crippen molar-refractivity contribution in [3.63, 3.8) is 0 Å². The van der Waals surface area contributed by atoms with E-state index in [1.54, 1.807) is 18.4 Å². The van der Waals surface area contributed by atoms with Crippen molar-refractivity contribution >= 4 is 11.3 Å². The number of aromatic nitrogens is 1. The molecule has 0 unspecified atom stereocenters. The third-order valence-electron chi connectivity index (χ3n) is 3.27. The summed E-state index contributed by atoms with van der Waals surface area (Å²) in [5.41, 5.74) is 3.17. The van der Waals surface area contributed by atoms with Crippen LogP contribution in [0.3, 0.4) is 0 Å². The average molecular weight is 305 g/mol. The second kappa shape index (κ2) is 8.12. The molecule has 0 spiro atoms. The quantitative estimate of drug-likeness (QED) is 0.750. The minimum Gasteiger partial charge on any atom is -0.497 e. The molecule has 0 aliphatic rings. The topological polar surface area (TPSA) is 28.6 Å². The van der Waals surface area contributed by atoms with Gasteiger partial charge in [-0.05, 0) is 31.8 Å². The Morgan fingerprint density at radius 1 is 1.19 bits per heavy atom. The summed E-state index contributed by atoms with van der Waals surface area (Å²) in [6.45, 7) is 3.93. The maximum Gasteiger partial charge on any atom is 0.119 e. The lowest BCUT2D eigenvalue weighted by atomic mass is 10.2. The summed E-state index contributed by atoms with van der Waals surface area (Å²) in [7, 11) is 5.92. The molecule has 0 bridgehead atoms. The lowest BCUT2D eigenvalue weighted by Gasteiger charge is -2.23. The molecule has 2 rings (SSSR count). The first-order chi connectivity index (χ1) is 10.2. The van der Waals surface area contributed by atoms with Gasteiger partial charge in [0.15, 0.2) is 0 Å². The predicted molar refractivity (Wildman–Crippen MR) is 87.8 cm³/mol. The Bertz CT molecular complexity index is 528. The predicted octanol–water partition coefficient (Wildman–Crippen LogP) is 2.72. The smallest absolute Gasteiger partial charge is 0.119 e. The molecule has 1 aromatic carbocycles. The van der Waals surface area contributed by atoms with Crippen molar-refractivity contribution in [3.05, 3.63) is 46.4 Å². The lowest BCUT2D eigenvalue weighted by Crippen LogP contribution is -2.30. The average Bonchev–Trinajstić information content (AvgIpc) is 2.98. The van der Waals surface area contributed by atoms with E-state index in [0.717, 1.165) is 31.9 Å². The van der Waals surface area contributed by atoms with Crippen LogP contribution in [0.5, 0.6) is 5.75 Å². The van der Waals surface area contributed by atoms with Gasteiger partial charge in [-0.15, -0.1) is 11.3 Å². The van der Waals surface area contributed by atoms with Crippen LogP contribution < -0.4 is 4.74 Å². The zero-order valence-electron chi connectivity index (χ0n) is 13.0. The van der Waals surface area contributed by atoms with E-state index in [4.69, 9.17) is 4.74 Å². The molecule has 0 amide bonds. The highest BCUT2D eigenvalue weighted by Gasteiger charge is 2.09. The van der Waals surface area contributed by atoms with Gasteiger partial charge in [0.25, 0.3) is 0 Å². The number of nitrogens with zero attached hydrogens (tertiary/aromatic N) is 3. The van der Waals surface area contributed by atoms with Gasteiger partial charge in [0.05, 0.1) is 12.6 Å². The van der Waals surface area contributed by atoms with Gasteiger partial charge in [-0.1, -0.05) is 12.1 Å². The molecule has 0 saturated heterocycles. The molecule has 1 heterocycles. The molecule has 0 aliphatic heterocycles. The third-order valence-corrected chi connectivity index (χ3v) is 4.03. The minimum absolute atomic E-state index is 0.915. The summed E-state index contributed by atoms with van der Waals surface area (Å²) in [6.07, 6.45) is 1.96. The van der Waals surface area contributed by atoms with Crippen molar-refractivity contribution in [1.82, 2.24) is 14.8 Å². The minimum atomic E-state index is 0.915. The van der Waals surface area contributed by atoms with Crippen molar-refractivity contribution < 1.29 is 4.74 Å². The molecular formula is C16H23N3OS. The standard InChI is InChI=1S/C16H23N3OS/c1-18(2)7-8-19(12-16-10-17-13-21-16)11-14-5-4-6-15(9-14)20-3/h4-6,9-10,13H,7-8,11-12H2,1-3H3. The molecule has 2 aromatic rings. The van der Waals surface area contributed by atoms with Crippen molar-refractivity contribution in [2.45, 2.75) is 13.1 Å². The Balaban J connectivity index is 2.02. The van der Waals surface area contributed by atoms with Gasteiger partial charge in [0, 0.05) is 37.3 Å². The Morgan fingerprint density at radius 3 is 2.71 bits per heavy atom. The van der Waals surface area contributed by atoms with E-state index in [2.05, 4.69) is 41.0 Å². The van der Waals surface area contributed by atoms with Gasteiger partial charge in [0.2, 0.25) is 0 Å².